The van der Waals surface area contributed by atoms with Gasteiger partial charge in [-0.15, -0.1) is 0 Å². The van der Waals surface area contributed by atoms with Gasteiger partial charge in [0.25, 0.3) is 0 Å². The third-order valence-corrected chi connectivity index (χ3v) is 10.1. The summed E-state index contributed by atoms with van der Waals surface area (Å²) in [4.78, 5) is 0. The second-order valence-electron chi connectivity index (χ2n) is 12.9. The first-order valence-corrected chi connectivity index (χ1v) is 17.2. The van der Waals surface area contributed by atoms with Gasteiger partial charge in [0, 0.05) is 38.4 Å². The van der Waals surface area contributed by atoms with Crippen LogP contribution in [0, 0.1) is 0 Å². The molecule has 2 nitrogen and oxygen atoms in total. The molecule has 2 heteroatoms. The maximum atomic E-state index is 2.44. The molecule has 2 heterocycles. The van der Waals surface area contributed by atoms with E-state index >= 15 is 0 Å². The number of benzene rings is 8. The summed E-state index contributed by atoms with van der Waals surface area (Å²) in [6.45, 7) is 0. The van der Waals surface area contributed by atoms with E-state index in [0.29, 0.717) is 0 Å². The lowest BCUT2D eigenvalue weighted by Crippen LogP contribution is -1.97. The molecule has 0 saturated heterocycles. The fourth-order valence-electron chi connectivity index (χ4n) is 7.91. The van der Waals surface area contributed by atoms with Crippen molar-refractivity contribution in [3.63, 3.8) is 0 Å². The highest BCUT2D eigenvalue weighted by atomic mass is 15.0. The van der Waals surface area contributed by atoms with E-state index in [1.54, 1.807) is 0 Å². The van der Waals surface area contributed by atoms with Crippen LogP contribution in [0.25, 0.3) is 88.4 Å². The van der Waals surface area contributed by atoms with Gasteiger partial charge in [-0.1, -0.05) is 146 Å². The number of rotatable bonds is 5. The van der Waals surface area contributed by atoms with Gasteiger partial charge in [0.05, 0.1) is 27.8 Å². The maximum absolute atomic E-state index is 2.44. The molecule has 10 aromatic rings. The highest BCUT2D eigenvalue weighted by molar-refractivity contribution is 6.14. The molecule has 0 N–H and O–H groups in total. The van der Waals surface area contributed by atoms with E-state index in [4.69, 9.17) is 0 Å². The third-order valence-electron chi connectivity index (χ3n) is 10.1. The summed E-state index contributed by atoms with van der Waals surface area (Å²) < 4.78 is 4.86. The Kier molecular flexibility index (Phi) is 6.53. The highest BCUT2D eigenvalue weighted by Crippen LogP contribution is 2.41. The summed E-state index contributed by atoms with van der Waals surface area (Å²) in [6, 6.07) is 70.4. The summed E-state index contributed by atoms with van der Waals surface area (Å²) in [5.41, 5.74) is 14.4. The molecule has 0 spiro atoms. The van der Waals surface area contributed by atoms with E-state index < -0.39 is 0 Å². The van der Waals surface area contributed by atoms with E-state index in [1.165, 1.54) is 82.7 Å². The molecule has 0 bridgehead atoms. The summed E-state index contributed by atoms with van der Waals surface area (Å²) in [5, 5.41) is 5.03. The summed E-state index contributed by atoms with van der Waals surface area (Å²) in [6.07, 6.45) is 0. The molecule has 0 aliphatic heterocycles. The Balaban J connectivity index is 1.18. The fourth-order valence-corrected chi connectivity index (χ4v) is 7.91. The Morgan fingerprint density at radius 3 is 1.62 bits per heavy atom. The molecule has 0 radical (unpaired) electrons. The van der Waals surface area contributed by atoms with Gasteiger partial charge >= 0.3 is 0 Å². The molecule has 234 valence electrons. The lowest BCUT2D eigenvalue weighted by atomic mass is 9.96. The zero-order chi connectivity index (χ0) is 33.0. The number of hydrogen-bond donors (Lipinski definition) is 0. The van der Waals surface area contributed by atoms with Crippen molar-refractivity contribution in [1.29, 1.82) is 0 Å². The fraction of sp³-hybridized carbons (Fsp3) is 0. The van der Waals surface area contributed by atoms with Crippen molar-refractivity contribution in [1.82, 2.24) is 9.13 Å². The Morgan fingerprint density at radius 2 is 0.820 bits per heavy atom. The van der Waals surface area contributed by atoms with Crippen molar-refractivity contribution in [2.24, 2.45) is 0 Å². The number of hydrogen-bond acceptors (Lipinski definition) is 0. The number of para-hydroxylation sites is 5. The Hall–Kier alpha value is -6.64. The second-order valence-corrected chi connectivity index (χ2v) is 12.9. The number of nitrogens with zero attached hydrogens (tertiary/aromatic N) is 2. The highest BCUT2D eigenvalue weighted by Gasteiger charge is 2.19. The van der Waals surface area contributed by atoms with Crippen LogP contribution in [0.5, 0.6) is 0 Å². The number of fused-ring (bicyclic) bond motifs is 6. The lowest BCUT2D eigenvalue weighted by molar-refractivity contribution is 1.18. The summed E-state index contributed by atoms with van der Waals surface area (Å²) in [5.74, 6) is 0. The molecular weight excluding hydrogens is 605 g/mol. The minimum Gasteiger partial charge on any atom is -0.309 e. The minimum absolute atomic E-state index is 1.16. The SMILES string of the molecule is c1ccc(-c2ccc3c(c2)c2ccccc2n3-c2ccccc2-c2cccc(-c3cccc4c5ccccc5n(-c5ccccc5)c34)c2)cc1. The summed E-state index contributed by atoms with van der Waals surface area (Å²) >= 11 is 0. The van der Waals surface area contributed by atoms with Gasteiger partial charge in [0.15, 0.2) is 0 Å². The molecule has 0 unspecified atom stereocenters. The quantitative estimate of drug-likeness (QED) is 0.178. The molecule has 8 aromatic carbocycles. The van der Waals surface area contributed by atoms with Crippen molar-refractivity contribution < 1.29 is 0 Å². The first kappa shape index (κ1) is 28.4. The average Bonchev–Trinajstić information content (AvgIpc) is 3.71. The molecule has 0 amide bonds. The minimum atomic E-state index is 1.16. The normalized spacial score (nSPS) is 11.6. The molecule has 0 aliphatic rings. The first-order chi connectivity index (χ1) is 24.8. The van der Waals surface area contributed by atoms with E-state index in [0.717, 1.165) is 5.69 Å². The van der Waals surface area contributed by atoms with Crippen molar-refractivity contribution in [3.05, 3.63) is 194 Å². The lowest BCUT2D eigenvalue weighted by Gasteiger charge is -2.16. The van der Waals surface area contributed by atoms with Crippen LogP contribution in [0.1, 0.15) is 0 Å². The van der Waals surface area contributed by atoms with Crippen LogP contribution in [0.2, 0.25) is 0 Å². The number of aromatic nitrogens is 2. The molecular formula is C48H32N2. The molecule has 0 aliphatic carbocycles. The van der Waals surface area contributed by atoms with Crippen LogP contribution < -0.4 is 0 Å². The summed E-state index contributed by atoms with van der Waals surface area (Å²) in [7, 11) is 0. The molecule has 10 rings (SSSR count). The van der Waals surface area contributed by atoms with Crippen LogP contribution in [0.15, 0.2) is 194 Å². The Bertz CT molecular complexity index is 2860. The monoisotopic (exact) mass is 636 g/mol. The Morgan fingerprint density at radius 1 is 0.280 bits per heavy atom. The van der Waals surface area contributed by atoms with E-state index in [-0.39, 0.29) is 0 Å². The van der Waals surface area contributed by atoms with E-state index in [1.807, 2.05) is 0 Å². The van der Waals surface area contributed by atoms with Crippen LogP contribution in [-0.2, 0) is 0 Å². The molecule has 0 fully saturated rings. The van der Waals surface area contributed by atoms with Crippen molar-refractivity contribution >= 4 is 43.6 Å². The van der Waals surface area contributed by atoms with Gasteiger partial charge in [0.1, 0.15) is 0 Å². The standard InChI is InChI=1S/C48H32N2/c1-3-15-33(16-4-1)34-29-30-47-43(32-34)41-23-9-12-28-46(41)50(47)44-26-10-7-21-38(44)35-17-13-18-36(31-35)39-24-14-25-42-40-22-8-11-27-45(40)49(48(39)42)37-19-5-2-6-20-37/h1-32H. The maximum Gasteiger partial charge on any atom is 0.0619 e. The van der Waals surface area contributed by atoms with Gasteiger partial charge < -0.3 is 9.13 Å². The first-order valence-electron chi connectivity index (χ1n) is 17.2. The molecule has 0 saturated carbocycles. The van der Waals surface area contributed by atoms with Gasteiger partial charge in [0.2, 0.25) is 0 Å². The second kappa shape index (κ2) is 11.5. The average molecular weight is 637 g/mol. The smallest absolute Gasteiger partial charge is 0.0619 e. The Labute approximate surface area is 290 Å². The van der Waals surface area contributed by atoms with Crippen molar-refractivity contribution in [3.8, 4) is 44.8 Å². The van der Waals surface area contributed by atoms with E-state index in [9.17, 15) is 0 Å². The van der Waals surface area contributed by atoms with Gasteiger partial charge in [-0.05, 0) is 70.8 Å². The molecule has 2 aromatic heterocycles. The van der Waals surface area contributed by atoms with E-state index in [2.05, 4.69) is 203 Å². The van der Waals surface area contributed by atoms with Crippen molar-refractivity contribution in [2.75, 3.05) is 0 Å². The van der Waals surface area contributed by atoms with Gasteiger partial charge in [-0.2, -0.15) is 0 Å². The zero-order valence-electron chi connectivity index (χ0n) is 27.4. The third kappa shape index (κ3) is 4.43. The predicted octanol–water partition coefficient (Wildman–Crippen LogP) is 12.9. The van der Waals surface area contributed by atoms with Gasteiger partial charge in [-0.25, -0.2) is 0 Å². The zero-order valence-corrected chi connectivity index (χ0v) is 27.4. The van der Waals surface area contributed by atoms with Gasteiger partial charge in [-0.3, -0.25) is 0 Å². The molecule has 50 heavy (non-hydrogen) atoms. The van der Waals surface area contributed by atoms with Crippen LogP contribution >= 0.6 is 0 Å². The molecule has 0 atom stereocenters. The van der Waals surface area contributed by atoms with Crippen LogP contribution in [0.3, 0.4) is 0 Å². The largest absolute Gasteiger partial charge is 0.309 e. The van der Waals surface area contributed by atoms with Crippen LogP contribution in [0.4, 0.5) is 0 Å². The van der Waals surface area contributed by atoms with Crippen molar-refractivity contribution in [2.45, 2.75) is 0 Å². The van der Waals surface area contributed by atoms with Crippen LogP contribution in [-0.4, -0.2) is 9.13 Å². The topological polar surface area (TPSA) is 9.86 Å². The predicted molar refractivity (Wildman–Crippen MR) is 211 cm³/mol.